The van der Waals surface area contributed by atoms with Crippen LogP contribution in [0.4, 0.5) is 5.69 Å². The second kappa shape index (κ2) is 6.00. The van der Waals surface area contributed by atoms with Crippen molar-refractivity contribution in [1.29, 1.82) is 0 Å². The molecule has 19 heavy (non-hydrogen) atoms. The topological polar surface area (TPSA) is 86.7 Å². The fourth-order valence-corrected chi connectivity index (χ4v) is 1.52. The Kier molecular flexibility index (Phi) is 4.64. The number of nitrogens with two attached hydrogens (primary N) is 1. The van der Waals surface area contributed by atoms with Gasteiger partial charge in [-0.05, 0) is 67.8 Å². The van der Waals surface area contributed by atoms with Gasteiger partial charge in [-0.2, -0.15) is 0 Å². The van der Waals surface area contributed by atoms with Crippen molar-refractivity contribution in [3.8, 4) is 17.2 Å². The number of hydrogen-bond acceptors (Lipinski definition) is 4. The molecule has 0 atom stereocenters. The molecular formula is C15H19NO3. The zero-order valence-corrected chi connectivity index (χ0v) is 11.3. The third-order valence-corrected chi connectivity index (χ3v) is 2.92. The first kappa shape index (κ1) is 14.7. The predicted molar refractivity (Wildman–Crippen MR) is 76.5 cm³/mol. The predicted octanol–water partition coefficient (Wildman–Crippen LogP) is 3.00. The first-order valence-corrected chi connectivity index (χ1v) is 5.86. The molecule has 5 N–H and O–H groups in total. The molecule has 0 radical (unpaired) electrons. The van der Waals surface area contributed by atoms with Crippen LogP contribution in [0.5, 0.6) is 17.2 Å². The van der Waals surface area contributed by atoms with Crippen molar-refractivity contribution < 1.29 is 15.3 Å². The fraction of sp³-hybridized carbons (Fsp3) is 0.200. The first-order valence-electron chi connectivity index (χ1n) is 5.86. The lowest BCUT2D eigenvalue weighted by Crippen LogP contribution is -1.85. The van der Waals surface area contributed by atoms with Crippen molar-refractivity contribution in [2.45, 2.75) is 20.8 Å². The summed E-state index contributed by atoms with van der Waals surface area (Å²) in [4.78, 5) is 0. The minimum Gasteiger partial charge on any atom is -0.508 e. The van der Waals surface area contributed by atoms with Crippen LogP contribution in [0, 0.1) is 20.8 Å². The Balaban J connectivity index is 0.000000200. The van der Waals surface area contributed by atoms with E-state index in [0.717, 1.165) is 11.1 Å². The maximum atomic E-state index is 9.40. The number of aryl methyl sites for hydroxylation is 1. The molecule has 0 bridgehead atoms. The Labute approximate surface area is 112 Å². The Bertz CT molecular complexity index is 515. The number of benzene rings is 2. The van der Waals surface area contributed by atoms with Gasteiger partial charge in [0.05, 0.1) is 0 Å². The van der Waals surface area contributed by atoms with E-state index in [1.54, 1.807) is 51.1 Å². The highest BCUT2D eigenvalue weighted by Gasteiger charge is 2.06. The van der Waals surface area contributed by atoms with Crippen LogP contribution in [-0.2, 0) is 0 Å². The summed E-state index contributed by atoms with van der Waals surface area (Å²) in [5.74, 6) is 0.775. The largest absolute Gasteiger partial charge is 0.508 e. The van der Waals surface area contributed by atoms with E-state index in [0.29, 0.717) is 11.3 Å². The van der Waals surface area contributed by atoms with E-state index < -0.39 is 0 Å². The quantitative estimate of drug-likeness (QED) is 0.433. The summed E-state index contributed by atoms with van der Waals surface area (Å²) in [7, 11) is 0. The third-order valence-electron chi connectivity index (χ3n) is 2.92. The van der Waals surface area contributed by atoms with Gasteiger partial charge in [0, 0.05) is 5.69 Å². The van der Waals surface area contributed by atoms with E-state index in [1.165, 1.54) is 0 Å². The summed E-state index contributed by atoms with van der Waals surface area (Å²) in [6.45, 7) is 5.34. The molecule has 0 saturated heterocycles. The summed E-state index contributed by atoms with van der Waals surface area (Å²) in [5.41, 5.74) is 8.19. The van der Waals surface area contributed by atoms with E-state index in [2.05, 4.69) is 0 Å². The van der Waals surface area contributed by atoms with Crippen LogP contribution in [0.3, 0.4) is 0 Å². The average Bonchev–Trinajstić information content (AvgIpc) is 2.38. The maximum Gasteiger partial charge on any atom is 0.121 e. The molecule has 2 aromatic rings. The summed E-state index contributed by atoms with van der Waals surface area (Å²) >= 11 is 0. The third kappa shape index (κ3) is 3.81. The second-order valence-corrected chi connectivity index (χ2v) is 4.40. The van der Waals surface area contributed by atoms with Crippen LogP contribution in [0.2, 0.25) is 0 Å². The molecule has 0 aliphatic heterocycles. The fourth-order valence-electron chi connectivity index (χ4n) is 1.52. The van der Waals surface area contributed by atoms with Crippen molar-refractivity contribution >= 4 is 5.69 Å². The Morgan fingerprint density at radius 3 is 1.84 bits per heavy atom. The Hall–Kier alpha value is -2.36. The molecule has 0 amide bonds. The molecule has 0 spiro atoms. The van der Waals surface area contributed by atoms with E-state index in [4.69, 9.17) is 10.8 Å². The maximum absolute atomic E-state index is 9.40. The monoisotopic (exact) mass is 261 g/mol. The molecule has 0 saturated carbocycles. The molecule has 2 aromatic carbocycles. The lowest BCUT2D eigenvalue weighted by molar-refractivity contribution is 0.449. The highest BCUT2D eigenvalue weighted by atomic mass is 16.3. The van der Waals surface area contributed by atoms with Gasteiger partial charge in [0.15, 0.2) is 0 Å². The SMILES string of the molecule is Cc1cc(O)c(C)c(C)c1O.Nc1ccc(O)cc1. The number of rotatable bonds is 0. The van der Waals surface area contributed by atoms with Gasteiger partial charge < -0.3 is 21.1 Å². The molecule has 0 aliphatic carbocycles. The van der Waals surface area contributed by atoms with Crippen molar-refractivity contribution in [2.24, 2.45) is 0 Å². The normalized spacial score (nSPS) is 9.63. The molecule has 0 aromatic heterocycles. The number of phenolic OH excluding ortho intramolecular Hbond substituents is 3. The molecule has 4 nitrogen and oxygen atoms in total. The van der Waals surface area contributed by atoms with Gasteiger partial charge in [-0.25, -0.2) is 0 Å². The summed E-state index contributed by atoms with van der Waals surface area (Å²) in [5, 5.41) is 27.4. The second-order valence-electron chi connectivity index (χ2n) is 4.40. The minimum absolute atomic E-state index is 0.248. The van der Waals surface area contributed by atoms with Crippen molar-refractivity contribution in [3.63, 3.8) is 0 Å². The van der Waals surface area contributed by atoms with Gasteiger partial charge in [0.1, 0.15) is 17.2 Å². The minimum atomic E-state index is 0.248. The van der Waals surface area contributed by atoms with Gasteiger partial charge in [-0.1, -0.05) is 0 Å². The highest BCUT2D eigenvalue weighted by Crippen LogP contribution is 2.30. The number of phenols is 3. The molecular weight excluding hydrogens is 242 g/mol. The molecule has 2 rings (SSSR count). The number of anilines is 1. The van der Waals surface area contributed by atoms with E-state index >= 15 is 0 Å². The van der Waals surface area contributed by atoms with E-state index in [-0.39, 0.29) is 17.2 Å². The lowest BCUT2D eigenvalue weighted by atomic mass is 10.0. The van der Waals surface area contributed by atoms with Crippen LogP contribution in [0.25, 0.3) is 0 Å². The Morgan fingerprint density at radius 1 is 0.842 bits per heavy atom. The standard InChI is InChI=1S/C9H12O2.C6H7NO/c1-5-4-8(10)6(2)7(3)9(5)11;7-5-1-3-6(8)4-2-5/h4,10-11H,1-3H3;1-4,8H,7H2. The zero-order valence-electron chi connectivity index (χ0n) is 11.3. The van der Waals surface area contributed by atoms with Crippen molar-refractivity contribution in [1.82, 2.24) is 0 Å². The van der Waals surface area contributed by atoms with Crippen LogP contribution in [0.1, 0.15) is 16.7 Å². The van der Waals surface area contributed by atoms with Gasteiger partial charge in [-0.15, -0.1) is 0 Å². The molecule has 0 aliphatic rings. The lowest BCUT2D eigenvalue weighted by Gasteiger charge is -2.07. The molecule has 0 fully saturated rings. The van der Waals surface area contributed by atoms with Crippen molar-refractivity contribution in [2.75, 3.05) is 5.73 Å². The van der Waals surface area contributed by atoms with Crippen LogP contribution in [-0.4, -0.2) is 15.3 Å². The zero-order chi connectivity index (χ0) is 14.6. The molecule has 0 heterocycles. The highest BCUT2D eigenvalue weighted by molar-refractivity contribution is 5.50. The van der Waals surface area contributed by atoms with Gasteiger partial charge in [0.2, 0.25) is 0 Å². The van der Waals surface area contributed by atoms with Crippen LogP contribution >= 0.6 is 0 Å². The molecule has 102 valence electrons. The smallest absolute Gasteiger partial charge is 0.121 e. The average molecular weight is 261 g/mol. The first-order chi connectivity index (χ1) is 8.82. The number of nitrogen functional groups attached to an aromatic ring is 1. The number of hydrogen-bond donors (Lipinski definition) is 4. The van der Waals surface area contributed by atoms with Gasteiger partial charge in [-0.3, -0.25) is 0 Å². The van der Waals surface area contributed by atoms with Crippen LogP contribution < -0.4 is 5.73 Å². The van der Waals surface area contributed by atoms with E-state index in [1.807, 2.05) is 0 Å². The summed E-state index contributed by atoms with van der Waals surface area (Å²) in [6.07, 6.45) is 0. The van der Waals surface area contributed by atoms with E-state index in [9.17, 15) is 10.2 Å². The van der Waals surface area contributed by atoms with Crippen molar-refractivity contribution in [3.05, 3.63) is 47.0 Å². The van der Waals surface area contributed by atoms with Gasteiger partial charge in [0.25, 0.3) is 0 Å². The molecule has 4 heteroatoms. The van der Waals surface area contributed by atoms with Crippen LogP contribution in [0.15, 0.2) is 30.3 Å². The number of aromatic hydroxyl groups is 3. The Morgan fingerprint density at radius 2 is 1.37 bits per heavy atom. The molecule has 0 unspecified atom stereocenters. The van der Waals surface area contributed by atoms with Gasteiger partial charge >= 0.3 is 0 Å². The summed E-state index contributed by atoms with van der Waals surface area (Å²) in [6, 6.07) is 7.97. The summed E-state index contributed by atoms with van der Waals surface area (Å²) < 4.78 is 0.